The van der Waals surface area contributed by atoms with E-state index in [2.05, 4.69) is 15.6 Å². The maximum absolute atomic E-state index is 13.5. The molecule has 194 valence electrons. The van der Waals surface area contributed by atoms with E-state index in [-0.39, 0.29) is 54.3 Å². The number of benzene rings is 1. The summed E-state index contributed by atoms with van der Waals surface area (Å²) in [4.78, 5) is 46.1. The smallest absolute Gasteiger partial charge is 0.317 e. The number of pyridine rings is 1. The Bertz CT molecular complexity index is 1080. The second kappa shape index (κ2) is 11.9. The molecule has 0 fully saturated rings. The van der Waals surface area contributed by atoms with E-state index >= 15 is 0 Å². The number of rotatable bonds is 7. The number of likely N-dealkylation sites (N-methyl/N-ethyl adjacent to an activating group) is 1. The Morgan fingerprint density at radius 2 is 1.92 bits per heavy atom. The molecule has 10 heteroatoms. The first-order valence-corrected chi connectivity index (χ1v) is 12.1. The van der Waals surface area contributed by atoms with Gasteiger partial charge in [-0.2, -0.15) is 0 Å². The van der Waals surface area contributed by atoms with E-state index in [1.54, 1.807) is 54.1 Å². The summed E-state index contributed by atoms with van der Waals surface area (Å²) in [6.07, 6.45) is 2.55. The van der Waals surface area contributed by atoms with Crippen molar-refractivity contribution in [1.29, 1.82) is 0 Å². The summed E-state index contributed by atoms with van der Waals surface area (Å²) in [5.74, 6) is -0.631. The number of hydrogen-bond donors (Lipinski definition) is 3. The molecule has 1 aliphatic heterocycles. The summed E-state index contributed by atoms with van der Waals surface area (Å²) < 4.78 is 6.42. The van der Waals surface area contributed by atoms with Gasteiger partial charge in [-0.15, -0.1) is 0 Å². The van der Waals surface area contributed by atoms with Gasteiger partial charge in [-0.1, -0.05) is 13.0 Å². The Kier molecular flexibility index (Phi) is 8.87. The number of aliphatic hydroxyl groups excluding tert-OH is 1. The molecule has 3 rings (SSSR count). The minimum Gasteiger partial charge on any atom is -0.485 e. The van der Waals surface area contributed by atoms with Crippen LogP contribution in [0, 0.1) is 5.92 Å². The lowest BCUT2D eigenvalue weighted by Gasteiger charge is -2.38. The number of nitrogens with one attached hydrogen (secondary N) is 2. The SMILES string of the molecule is CC(C)NC(=O)N(C)C[C@@H]1Oc2c(NC(=O)c3ccncc3)cccc2C(=O)N([C@H](C)CO)C[C@@H]1C. The van der Waals surface area contributed by atoms with E-state index in [0.29, 0.717) is 17.8 Å². The van der Waals surface area contributed by atoms with Crippen molar-refractivity contribution in [2.45, 2.75) is 45.9 Å². The van der Waals surface area contributed by atoms with Gasteiger partial charge in [0.1, 0.15) is 6.10 Å². The lowest BCUT2D eigenvalue weighted by atomic mass is 9.99. The molecule has 3 atom stereocenters. The number of urea groups is 1. The van der Waals surface area contributed by atoms with E-state index in [1.807, 2.05) is 20.8 Å². The number of fused-ring (bicyclic) bond motifs is 1. The van der Waals surface area contributed by atoms with Crippen LogP contribution in [0.1, 0.15) is 48.4 Å². The number of carbonyl (C=O) groups excluding carboxylic acids is 3. The molecule has 36 heavy (non-hydrogen) atoms. The average molecular weight is 498 g/mol. The molecule has 3 N–H and O–H groups in total. The van der Waals surface area contributed by atoms with Crippen LogP contribution in [0.4, 0.5) is 10.5 Å². The number of amides is 4. The van der Waals surface area contributed by atoms with Crippen LogP contribution < -0.4 is 15.4 Å². The highest BCUT2D eigenvalue weighted by molar-refractivity contribution is 6.07. The quantitative estimate of drug-likeness (QED) is 0.540. The number of nitrogens with zero attached hydrogens (tertiary/aromatic N) is 3. The number of carbonyl (C=O) groups is 3. The van der Waals surface area contributed by atoms with Crippen molar-refractivity contribution in [1.82, 2.24) is 20.1 Å². The van der Waals surface area contributed by atoms with Gasteiger partial charge in [0.05, 0.1) is 30.4 Å². The maximum atomic E-state index is 13.5. The van der Waals surface area contributed by atoms with Gasteiger partial charge in [-0.25, -0.2) is 4.79 Å². The molecule has 0 saturated carbocycles. The summed E-state index contributed by atoms with van der Waals surface area (Å²) in [5.41, 5.74) is 1.02. The van der Waals surface area contributed by atoms with Crippen LogP contribution in [0.25, 0.3) is 0 Å². The summed E-state index contributed by atoms with van der Waals surface area (Å²) >= 11 is 0. The molecular weight excluding hydrogens is 462 g/mol. The zero-order valence-corrected chi connectivity index (χ0v) is 21.4. The van der Waals surface area contributed by atoms with Gasteiger partial charge in [0.25, 0.3) is 11.8 Å². The zero-order chi connectivity index (χ0) is 26.4. The van der Waals surface area contributed by atoms with Crippen molar-refractivity contribution in [3.8, 4) is 5.75 Å². The molecule has 10 nitrogen and oxygen atoms in total. The van der Waals surface area contributed by atoms with Crippen molar-refractivity contribution in [3.63, 3.8) is 0 Å². The molecule has 4 amide bonds. The standard InChI is InChI=1S/C26H35N5O5/c1-16(2)28-26(35)30(5)14-22-17(3)13-31(18(4)15-32)25(34)20-7-6-8-21(23(20)36-22)29-24(33)19-9-11-27-12-10-19/h6-12,16-18,22,32H,13-15H2,1-5H3,(H,28,35)(H,29,33)/t17-,18+,22-/m0/s1. The predicted octanol–water partition coefficient (Wildman–Crippen LogP) is 2.60. The second-order valence-electron chi connectivity index (χ2n) is 9.48. The van der Waals surface area contributed by atoms with Crippen LogP contribution >= 0.6 is 0 Å². The third-order valence-corrected chi connectivity index (χ3v) is 6.09. The Hall–Kier alpha value is -3.66. The highest BCUT2D eigenvalue weighted by Gasteiger charge is 2.35. The minimum absolute atomic E-state index is 0.0233. The number of anilines is 1. The van der Waals surface area contributed by atoms with Crippen molar-refractivity contribution < 1.29 is 24.2 Å². The summed E-state index contributed by atoms with van der Waals surface area (Å²) in [7, 11) is 1.68. The fraction of sp³-hybridized carbons (Fsp3) is 0.462. The van der Waals surface area contributed by atoms with Crippen LogP contribution in [-0.2, 0) is 0 Å². The van der Waals surface area contributed by atoms with Crippen LogP contribution in [0.3, 0.4) is 0 Å². The number of aliphatic hydroxyl groups is 1. The third kappa shape index (κ3) is 6.31. The van der Waals surface area contributed by atoms with Crippen LogP contribution in [-0.4, -0.2) is 82.7 Å². The van der Waals surface area contributed by atoms with Gasteiger partial charge in [-0.3, -0.25) is 14.6 Å². The average Bonchev–Trinajstić information content (AvgIpc) is 2.86. The fourth-order valence-electron chi connectivity index (χ4n) is 3.97. The van der Waals surface area contributed by atoms with Crippen molar-refractivity contribution in [2.24, 2.45) is 5.92 Å². The summed E-state index contributed by atoms with van der Waals surface area (Å²) in [5, 5.41) is 15.5. The molecule has 1 aromatic heterocycles. The van der Waals surface area contributed by atoms with E-state index < -0.39 is 12.1 Å². The van der Waals surface area contributed by atoms with Gasteiger partial charge < -0.3 is 30.3 Å². The van der Waals surface area contributed by atoms with Crippen molar-refractivity contribution in [3.05, 3.63) is 53.9 Å². The van der Waals surface area contributed by atoms with E-state index in [9.17, 15) is 19.5 Å². The first-order chi connectivity index (χ1) is 17.1. The Morgan fingerprint density at radius 3 is 2.56 bits per heavy atom. The molecule has 0 saturated heterocycles. The molecule has 1 aliphatic rings. The normalized spacial score (nSPS) is 18.4. The van der Waals surface area contributed by atoms with E-state index in [1.165, 1.54) is 12.4 Å². The topological polar surface area (TPSA) is 124 Å². The lowest BCUT2D eigenvalue weighted by Crippen LogP contribution is -2.51. The number of ether oxygens (including phenoxy) is 1. The number of para-hydroxylation sites is 1. The van der Waals surface area contributed by atoms with Crippen molar-refractivity contribution in [2.75, 3.05) is 32.1 Å². The summed E-state index contributed by atoms with van der Waals surface area (Å²) in [6, 6.07) is 7.47. The van der Waals surface area contributed by atoms with Crippen molar-refractivity contribution >= 4 is 23.5 Å². The highest BCUT2D eigenvalue weighted by Crippen LogP contribution is 2.35. The molecule has 2 aromatic rings. The highest BCUT2D eigenvalue weighted by atomic mass is 16.5. The van der Waals surface area contributed by atoms with Gasteiger partial charge in [0.15, 0.2) is 5.75 Å². The zero-order valence-electron chi connectivity index (χ0n) is 21.4. The Balaban J connectivity index is 2.00. The van der Waals surface area contributed by atoms with E-state index in [4.69, 9.17) is 4.74 Å². The second-order valence-corrected chi connectivity index (χ2v) is 9.48. The van der Waals surface area contributed by atoms with Crippen LogP contribution in [0.5, 0.6) is 5.75 Å². The molecule has 0 spiro atoms. The number of hydrogen-bond acceptors (Lipinski definition) is 6. The monoisotopic (exact) mass is 497 g/mol. The Labute approximate surface area is 211 Å². The first-order valence-electron chi connectivity index (χ1n) is 12.1. The minimum atomic E-state index is -0.493. The van der Waals surface area contributed by atoms with Crippen LogP contribution in [0.15, 0.2) is 42.7 Å². The third-order valence-electron chi connectivity index (χ3n) is 6.09. The predicted molar refractivity (Wildman–Crippen MR) is 136 cm³/mol. The van der Waals surface area contributed by atoms with Crippen LogP contribution in [0.2, 0.25) is 0 Å². The summed E-state index contributed by atoms with van der Waals surface area (Å²) in [6.45, 7) is 7.86. The molecule has 1 aromatic carbocycles. The molecule has 0 unspecified atom stereocenters. The molecule has 2 heterocycles. The Morgan fingerprint density at radius 1 is 1.22 bits per heavy atom. The lowest BCUT2D eigenvalue weighted by molar-refractivity contribution is 0.0368. The van der Waals surface area contributed by atoms with Gasteiger partial charge in [0.2, 0.25) is 0 Å². The largest absolute Gasteiger partial charge is 0.485 e. The molecule has 0 bridgehead atoms. The molecular formula is C26H35N5O5. The van der Waals surface area contributed by atoms with Gasteiger partial charge in [-0.05, 0) is 45.0 Å². The van der Waals surface area contributed by atoms with E-state index in [0.717, 1.165) is 0 Å². The fourth-order valence-corrected chi connectivity index (χ4v) is 3.97. The van der Waals surface area contributed by atoms with Gasteiger partial charge >= 0.3 is 6.03 Å². The molecule has 0 radical (unpaired) electrons. The first kappa shape index (κ1) is 26.9. The molecule has 0 aliphatic carbocycles. The maximum Gasteiger partial charge on any atom is 0.317 e. The number of aromatic nitrogens is 1. The van der Waals surface area contributed by atoms with Gasteiger partial charge in [0, 0.05) is 43.5 Å².